The zero-order chi connectivity index (χ0) is 20.2. The van der Waals surface area contributed by atoms with Crippen LogP contribution in [0, 0.1) is 13.8 Å². The quantitative estimate of drug-likeness (QED) is 0.315. The second-order valence-electron chi connectivity index (χ2n) is 6.29. The third-order valence-electron chi connectivity index (χ3n) is 4.08. The summed E-state index contributed by atoms with van der Waals surface area (Å²) in [5, 5.41) is 3.63. The molecule has 0 saturated heterocycles. The Kier molecular flexibility index (Phi) is 8.92. The highest BCUT2D eigenvalue weighted by molar-refractivity contribution is 5.58. The van der Waals surface area contributed by atoms with Crippen LogP contribution in [-0.4, -0.2) is 33.1 Å². The summed E-state index contributed by atoms with van der Waals surface area (Å²) < 4.78 is 17.3. The van der Waals surface area contributed by atoms with Crippen molar-refractivity contribution in [1.29, 1.82) is 0 Å². The van der Waals surface area contributed by atoms with E-state index in [0.29, 0.717) is 19.8 Å². The van der Waals surface area contributed by atoms with Crippen molar-refractivity contribution >= 4 is 6.21 Å². The summed E-state index contributed by atoms with van der Waals surface area (Å²) in [6.07, 6.45) is 6.36. The van der Waals surface area contributed by atoms with Crippen LogP contribution in [0.25, 0.3) is 0 Å². The molecular formula is C23H29NO4. The van der Waals surface area contributed by atoms with Gasteiger partial charge in [-0.1, -0.05) is 29.4 Å². The van der Waals surface area contributed by atoms with Gasteiger partial charge in [0.1, 0.15) is 37.6 Å². The summed E-state index contributed by atoms with van der Waals surface area (Å²) in [6, 6.07) is 12.0. The lowest BCUT2D eigenvalue weighted by Gasteiger charge is -2.14. The van der Waals surface area contributed by atoms with Crippen LogP contribution in [0.2, 0.25) is 0 Å². The van der Waals surface area contributed by atoms with E-state index < -0.39 is 0 Å². The highest BCUT2D eigenvalue weighted by atomic mass is 16.6. The lowest BCUT2D eigenvalue weighted by molar-refractivity contribution is 0.212. The molecule has 0 radical (unpaired) electrons. The van der Waals surface area contributed by atoms with Crippen LogP contribution in [0.1, 0.15) is 23.6 Å². The van der Waals surface area contributed by atoms with E-state index in [4.69, 9.17) is 14.2 Å². The SMILES string of the molecule is C/C=C/COc1cc(C)c(OCCc2ccc(OCC=NOC)cc2)c(C)c1. The molecule has 0 aliphatic heterocycles. The van der Waals surface area contributed by atoms with Crippen molar-refractivity contribution in [2.24, 2.45) is 5.16 Å². The molecule has 0 unspecified atom stereocenters. The van der Waals surface area contributed by atoms with E-state index in [2.05, 4.69) is 9.99 Å². The number of benzene rings is 2. The highest BCUT2D eigenvalue weighted by Gasteiger charge is 2.07. The average molecular weight is 383 g/mol. The summed E-state index contributed by atoms with van der Waals surface area (Å²) in [7, 11) is 1.50. The molecule has 2 aromatic carbocycles. The van der Waals surface area contributed by atoms with Crippen LogP contribution < -0.4 is 14.2 Å². The molecule has 0 aliphatic carbocycles. The lowest BCUT2D eigenvalue weighted by Crippen LogP contribution is -2.05. The van der Waals surface area contributed by atoms with Gasteiger partial charge in [-0.05, 0) is 61.7 Å². The van der Waals surface area contributed by atoms with Crippen molar-refractivity contribution < 1.29 is 19.0 Å². The first kappa shape index (κ1) is 21.4. The fourth-order valence-corrected chi connectivity index (χ4v) is 2.72. The number of oxime groups is 1. The molecule has 0 aromatic heterocycles. The van der Waals surface area contributed by atoms with Crippen LogP contribution in [0.4, 0.5) is 0 Å². The van der Waals surface area contributed by atoms with Gasteiger partial charge in [0, 0.05) is 6.42 Å². The molecular weight excluding hydrogens is 354 g/mol. The first-order valence-electron chi connectivity index (χ1n) is 9.38. The Morgan fingerprint density at radius 1 is 0.893 bits per heavy atom. The normalized spacial score (nSPS) is 11.1. The molecule has 0 spiro atoms. The summed E-state index contributed by atoms with van der Waals surface area (Å²) in [4.78, 5) is 4.59. The maximum Gasteiger partial charge on any atom is 0.127 e. The Hall–Kier alpha value is -2.95. The number of hydrogen-bond donors (Lipinski definition) is 0. The molecule has 0 saturated carbocycles. The lowest BCUT2D eigenvalue weighted by atomic mass is 10.1. The first-order valence-corrected chi connectivity index (χ1v) is 9.38. The van der Waals surface area contributed by atoms with E-state index in [1.165, 1.54) is 12.7 Å². The fourth-order valence-electron chi connectivity index (χ4n) is 2.72. The summed E-state index contributed by atoms with van der Waals surface area (Å²) in [5.74, 6) is 2.59. The highest BCUT2D eigenvalue weighted by Crippen LogP contribution is 2.28. The minimum atomic E-state index is 0.378. The fraction of sp³-hybridized carbons (Fsp3) is 0.348. The third kappa shape index (κ3) is 6.99. The molecule has 2 aromatic rings. The van der Waals surface area contributed by atoms with Crippen molar-refractivity contribution in [2.75, 3.05) is 26.9 Å². The third-order valence-corrected chi connectivity index (χ3v) is 4.08. The van der Waals surface area contributed by atoms with E-state index in [0.717, 1.165) is 34.8 Å². The predicted molar refractivity (Wildman–Crippen MR) is 113 cm³/mol. The summed E-state index contributed by atoms with van der Waals surface area (Å²) in [5.41, 5.74) is 3.36. The van der Waals surface area contributed by atoms with E-state index in [-0.39, 0.29) is 0 Å². The minimum absolute atomic E-state index is 0.378. The van der Waals surface area contributed by atoms with E-state index in [1.807, 2.05) is 69.3 Å². The molecule has 28 heavy (non-hydrogen) atoms. The van der Waals surface area contributed by atoms with Gasteiger partial charge in [-0.3, -0.25) is 0 Å². The Balaban J connectivity index is 1.84. The van der Waals surface area contributed by atoms with Crippen LogP contribution in [0.5, 0.6) is 17.2 Å². The van der Waals surface area contributed by atoms with Gasteiger partial charge >= 0.3 is 0 Å². The van der Waals surface area contributed by atoms with E-state index in [1.54, 1.807) is 6.21 Å². The predicted octanol–water partition coefficient (Wildman–Crippen LogP) is 4.89. The molecule has 0 heterocycles. The van der Waals surface area contributed by atoms with Crippen molar-refractivity contribution in [2.45, 2.75) is 27.2 Å². The second-order valence-corrected chi connectivity index (χ2v) is 6.29. The maximum absolute atomic E-state index is 6.04. The van der Waals surface area contributed by atoms with Crippen LogP contribution in [-0.2, 0) is 11.3 Å². The van der Waals surface area contributed by atoms with Crippen LogP contribution in [0.15, 0.2) is 53.7 Å². The van der Waals surface area contributed by atoms with Crippen LogP contribution in [0.3, 0.4) is 0 Å². The number of allylic oxidation sites excluding steroid dienone is 1. The number of aryl methyl sites for hydroxylation is 2. The number of rotatable bonds is 11. The van der Waals surface area contributed by atoms with Crippen molar-refractivity contribution in [3.63, 3.8) is 0 Å². The molecule has 0 bridgehead atoms. The number of ether oxygens (including phenoxy) is 3. The average Bonchev–Trinajstić information content (AvgIpc) is 2.69. The Labute approximate surface area is 167 Å². The van der Waals surface area contributed by atoms with Gasteiger partial charge in [0.25, 0.3) is 0 Å². The van der Waals surface area contributed by atoms with E-state index >= 15 is 0 Å². The van der Waals surface area contributed by atoms with Gasteiger partial charge in [0.05, 0.1) is 12.8 Å². The van der Waals surface area contributed by atoms with Crippen molar-refractivity contribution in [1.82, 2.24) is 0 Å². The standard InChI is InChI=1S/C23H29NO4/c1-5-6-13-26-22-16-18(2)23(19(3)17-22)28-14-11-20-7-9-21(10-8-20)27-15-12-24-25-4/h5-10,12,16-17H,11,13-15H2,1-4H3/b6-5+,24-12?. The topological polar surface area (TPSA) is 49.3 Å². The Morgan fingerprint density at radius 2 is 1.57 bits per heavy atom. The van der Waals surface area contributed by atoms with Gasteiger partial charge in [-0.15, -0.1) is 0 Å². The zero-order valence-electron chi connectivity index (χ0n) is 17.1. The van der Waals surface area contributed by atoms with Gasteiger partial charge in [0.15, 0.2) is 0 Å². The van der Waals surface area contributed by atoms with Crippen molar-refractivity contribution in [3.05, 3.63) is 65.2 Å². The smallest absolute Gasteiger partial charge is 0.127 e. The molecule has 0 amide bonds. The van der Waals surface area contributed by atoms with Crippen LogP contribution >= 0.6 is 0 Å². The largest absolute Gasteiger partial charge is 0.493 e. The first-order chi connectivity index (χ1) is 13.6. The summed E-state index contributed by atoms with van der Waals surface area (Å²) >= 11 is 0. The number of nitrogens with zero attached hydrogens (tertiary/aromatic N) is 1. The van der Waals surface area contributed by atoms with Gasteiger partial charge < -0.3 is 19.0 Å². The molecule has 5 heteroatoms. The van der Waals surface area contributed by atoms with Crippen molar-refractivity contribution in [3.8, 4) is 17.2 Å². The molecule has 0 aliphatic rings. The molecule has 0 N–H and O–H groups in total. The molecule has 2 rings (SSSR count). The molecule has 150 valence electrons. The summed E-state index contributed by atoms with van der Waals surface area (Å²) in [6.45, 7) is 7.64. The minimum Gasteiger partial charge on any atom is -0.493 e. The maximum atomic E-state index is 6.04. The monoisotopic (exact) mass is 383 g/mol. The van der Waals surface area contributed by atoms with Gasteiger partial charge in [-0.25, -0.2) is 0 Å². The second kappa shape index (κ2) is 11.7. The Morgan fingerprint density at radius 3 is 2.21 bits per heavy atom. The molecule has 0 atom stereocenters. The number of hydrogen-bond acceptors (Lipinski definition) is 5. The van der Waals surface area contributed by atoms with E-state index in [9.17, 15) is 0 Å². The molecule has 0 fully saturated rings. The Bertz CT molecular complexity index is 759. The molecule has 5 nitrogen and oxygen atoms in total. The van der Waals surface area contributed by atoms with Gasteiger partial charge in [0.2, 0.25) is 0 Å². The van der Waals surface area contributed by atoms with Gasteiger partial charge in [-0.2, -0.15) is 0 Å². The zero-order valence-corrected chi connectivity index (χ0v) is 17.1.